The van der Waals surface area contributed by atoms with Crippen LogP contribution in [0.2, 0.25) is 0 Å². The summed E-state index contributed by atoms with van der Waals surface area (Å²) in [4.78, 5) is 15.1. The molecule has 0 aliphatic rings. The van der Waals surface area contributed by atoms with Crippen molar-refractivity contribution >= 4 is 17.5 Å². The molecule has 0 atom stereocenters. The number of nitrogens with one attached hydrogen (secondary N) is 1. The van der Waals surface area contributed by atoms with E-state index in [0.29, 0.717) is 11.7 Å². The van der Waals surface area contributed by atoms with Gasteiger partial charge in [0, 0.05) is 5.56 Å². The molecule has 0 unspecified atom stereocenters. The number of hydrogen-bond acceptors (Lipinski definition) is 4. The summed E-state index contributed by atoms with van der Waals surface area (Å²) in [5.74, 6) is 0.494. The van der Waals surface area contributed by atoms with Gasteiger partial charge in [-0.05, 0) is 0 Å². The van der Waals surface area contributed by atoms with Gasteiger partial charge in [0.1, 0.15) is 5.88 Å². The van der Waals surface area contributed by atoms with Crippen LogP contribution < -0.4 is 5.32 Å². The minimum Gasteiger partial charge on any atom is -0.346 e. The maximum Gasteiger partial charge on any atom is 0.246 e. The third-order valence-corrected chi connectivity index (χ3v) is 2.30. The van der Waals surface area contributed by atoms with E-state index in [1.165, 1.54) is 0 Å². The van der Waals surface area contributed by atoms with Crippen LogP contribution in [0.3, 0.4) is 0 Å². The Labute approximate surface area is 103 Å². The Balaban J connectivity index is 2.04. The normalized spacial score (nSPS) is 10.2. The highest BCUT2D eigenvalue weighted by Crippen LogP contribution is 2.14. The molecule has 0 spiro atoms. The monoisotopic (exact) mass is 251 g/mol. The Morgan fingerprint density at radius 2 is 2.12 bits per heavy atom. The topological polar surface area (TPSA) is 68.0 Å². The molecule has 0 saturated heterocycles. The molecular formula is C11H10ClN3O2. The van der Waals surface area contributed by atoms with E-state index in [1.54, 1.807) is 0 Å². The van der Waals surface area contributed by atoms with E-state index in [4.69, 9.17) is 16.1 Å². The Bertz CT molecular complexity index is 498. The zero-order chi connectivity index (χ0) is 12.1. The molecule has 88 valence electrons. The first kappa shape index (κ1) is 11.6. The predicted octanol–water partition coefficient (Wildman–Crippen LogP) is 1.59. The lowest BCUT2D eigenvalue weighted by molar-refractivity contribution is -0.118. The van der Waals surface area contributed by atoms with Crippen molar-refractivity contribution in [2.24, 2.45) is 0 Å². The van der Waals surface area contributed by atoms with Crippen molar-refractivity contribution in [2.45, 2.75) is 6.54 Å². The first-order chi connectivity index (χ1) is 8.29. The molecule has 6 heteroatoms. The van der Waals surface area contributed by atoms with Crippen LogP contribution in [0.15, 0.2) is 34.9 Å². The Morgan fingerprint density at radius 3 is 2.82 bits per heavy atom. The molecular weight excluding hydrogens is 242 g/mol. The van der Waals surface area contributed by atoms with Gasteiger partial charge in [-0.2, -0.15) is 4.98 Å². The Morgan fingerprint density at radius 1 is 1.35 bits per heavy atom. The van der Waals surface area contributed by atoms with E-state index in [9.17, 15) is 4.79 Å². The fourth-order valence-electron chi connectivity index (χ4n) is 1.25. The minimum atomic E-state index is -0.272. The largest absolute Gasteiger partial charge is 0.346 e. The average molecular weight is 252 g/mol. The maximum absolute atomic E-state index is 10.9. The van der Waals surface area contributed by atoms with Crippen molar-refractivity contribution in [1.29, 1.82) is 0 Å². The van der Waals surface area contributed by atoms with Gasteiger partial charge in [-0.15, -0.1) is 11.6 Å². The van der Waals surface area contributed by atoms with E-state index in [-0.39, 0.29) is 18.3 Å². The van der Waals surface area contributed by atoms with Crippen molar-refractivity contribution in [2.75, 3.05) is 5.88 Å². The van der Waals surface area contributed by atoms with Crippen LogP contribution >= 0.6 is 11.6 Å². The highest BCUT2D eigenvalue weighted by atomic mass is 35.5. The fraction of sp³-hybridized carbons (Fsp3) is 0.182. The van der Waals surface area contributed by atoms with Crippen molar-refractivity contribution in [3.05, 3.63) is 36.2 Å². The van der Waals surface area contributed by atoms with Gasteiger partial charge in [0.05, 0.1) is 6.54 Å². The lowest BCUT2D eigenvalue weighted by Gasteiger charge is -1.96. The fourth-order valence-corrected chi connectivity index (χ4v) is 1.35. The molecule has 0 radical (unpaired) electrons. The first-order valence-electron chi connectivity index (χ1n) is 5.00. The summed E-state index contributed by atoms with van der Waals surface area (Å²) in [6.45, 7) is 0.186. The van der Waals surface area contributed by atoms with Gasteiger partial charge in [-0.25, -0.2) is 0 Å². The number of hydrogen-bond donors (Lipinski definition) is 1. The first-order valence-corrected chi connectivity index (χ1v) is 5.53. The molecule has 2 aromatic rings. The number of nitrogens with zero attached hydrogens (tertiary/aromatic N) is 2. The van der Waals surface area contributed by atoms with Gasteiger partial charge in [0.25, 0.3) is 0 Å². The van der Waals surface area contributed by atoms with E-state index in [2.05, 4.69) is 15.5 Å². The van der Waals surface area contributed by atoms with Crippen LogP contribution in [0.4, 0.5) is 0 Å². The maximum atomic E-state index is 10.9. The highest BCUT2D eigenvalue weighted by molar-refractivity contribution is 6.27. The number of rotatable bonds is 4. The average Bonchev–Trinajstić information content (AvgIpc) is 2.86. The van der Waals surface area contributed by atoms with E-state index in [1.807, 2.05) is 30.3 Å². The molecule has 0 fully saturated rings. The molecule has 0 aliphatic heterocycles. The lowest BCUT2D eigenvalue weighted by atomic mass is 10.2. The second kappa shape index (κ2) is 5.45. The molecule has 2 rings (SSSR count). The number of carbonyl (C=O) groups excluding carboxylic acids is 1. The van der Waals surface area contributed by atoms with Gasteiger partial charge in [0.2, 0.25) is 17.6 Å². The van der Waals surface area contributed by atoms with Gasteiger partial charge in [0.15, 0.2) is 0 Å². The number of aromatic nitrogens is 2. The molecule has 0 bridgehead atoms. The van der Waals surface area contributed by atoms with Crippen molar-refractivity contribution in [3.8, 4) is 11.4 Å². The second-order valence-electron chi connectivity index (χ2n) is 3.29. The molecule has 1 heterocycles. The number of benzene rings is 1. The number of halogens is 1. The zero-order valence-corrected chi connectivity index (χ0v) is 9.65. The molecule has 17 heavy (non-hydrogen) atoms. The SMILES string of the molecule is O=C(CCl)NCc1nc(-c2ccccc2)no1. The zero-order valence-electron chi connectivity index (χ0n) is 8.89. The van der Waals surface area contributed by atoms with Gasteiger partial charge in [-0.1, -0.05) is 35.5 Å². The van der Waals surface area contributed by atoms with Gasteiger partial charge < -0.3 is 9.84 Å². The third kappa shape index (κ3) is 3.04. The van der Waals surface area contributed by atoms with Crippen molar-refractivity contribution < 1.29 is 9.32 Å². The molecule has 1 N–H and O–H groups in total. The molecule has 1 aromatic carbocycles. The highest BCUT2D eigenvalue weighted by Gasteiger charge is 2.08. The second-order valence-corrected chi connectivity index (χ2v) is 3.56. The number of amides is 1. The number of carbonyl (C=O) groups is 1. The molecule has 1 aromatic heterocycles. The van der Waals surface area contributed by atoms with Crippen LogP contribution in [0.25, 0.3) is 11.4 Å². The van der Waals surface area contributed by atoms with Gasteiger partial charge >= 0.3 is 0 Å². The summed E-state index contributed by atoms with van der Waals surface area (Å²) < 4.78 is 5.00. The summed E-state index contributed by atoms with van der Waals surface area (Å²) in [7, 11) is 0. The summed E-state index contributed by atoms with van der Waals surface area (Å²) in [5.41, 5.74) is 0.867. The third-order valence-electron chi connectivity index (χ3n) is 2.06. The van der Waals surface area contributed by atoms with Crippen LogP contribution in [0.5, 0.6) is 0 Å². The molecule has 1 amide bonds. The predicted molar refractivity (Wildman–Crippen MR) is 62.3 cm³/mol. The van der Waals surface area contributed by atoms with E-state index >= 15 is 0 Å². The summed E-state index contributed by atoms with van der Waals surface area (Å²) in [5, 5.41) is 6.37. The van der Waals surface area contributed by atoms with E-state index in [0.717, 1.165) is 5.56 Å². The quantitative estimate of drug-likeness (QED) is 0.838. The van der Waals surface area contributed by atoms with Crippen molar-refractivity contribution in [3.63, 3.8) is 0 Å². The minimum absolute atomic E-state index is 0.0837. The Hall–Kier alpha value is -1.88. The smallest absolute Gasteiger partial charge is 0.246 e. The van der Waals surface area contributed by atoms with Gasteiger partial charge in [-0.3, -0.25) is 4.79 Å². The van der Waals surface area contributed by atoms with Crippen LogP contribution in [-0.4, -0.2) is 21.9 Å². The van der Waals surface area contributed by atoms with Crippen molar-refractivity contribution in [1.82, 2.24) is 15.5 Å². The van der Waals surface area contributed by atoms with Crippen LogP contribution in [-0.2, 0) is 11.3 Å². The van der Waals surface area contributed by atoms with E-state index < -0.39 is 0 Å². The van der Waals surface area contributed by atoms with Crippen LogP contribution in [0, 0.1) is 0 Å². The standard InChI is InChI=1S/C11H10ClN3O2/c12-6-9(16)13-7-10-14-11(15-17-10)8-4-2-1-3-5-8/h1-5H,6-7H2,(H,13,16). The van der Waals surface area contributed by atoms with Crippen LogP contribution in [0.1, 0.15) is 5.89 Å². The number of alkyl halides is 1. The summed E-state index contributed by atoms with van der Waals surface area (Å²) >= 11 is 5.34. The summed E-state index contributed by atoms with van der Waals surface area (Å²) in [6.07, 6.45) is 0. The summed E-state index contributed by atoms with van der Waals surface area (Å²) in [6, 6.07) is 9.45. The molecule has 0 saturated carbocycles. The Kier molecular flexibility index (Phi) is 3.72. The molecule has 0 aliphatic carbocycles. The molecule has 5 nitrogen and oxygen atoms in total. The lowest BCUT2D eigenvalue weighted by Crippen LogP contribution is -2.23.